The Labute approximate surface area is 88.8 Å². The van der Waals surface area contributed by atoms with Crippen LogP contribution in [0.2, 0.25) is 0 Å². The van der Waals surface area contributed by atoms with E-state index in [0.717, 1.165) is 11.3 Å². The molecule has 4 heteroatoms. The van der Waals surface area contributed by atoms with Gasteiger partial charge in [-0.1, -0.05) is 18.2 Å². The standard InChI is InChI=1S/C11H13N2O2/c1-2-15-11(14)8-13-7-9-5-3-4-6-10(9)12-13/h3-6H,2,7-8H2,1H3. The molecule has 0 saturated carbocycles. The van der Waals surface area contributed by atoms with Crippen molar-refractivity contribution >= 4 is 11.7 Å². The Morgan fingerprint density at radius 1 is 1.53 bits per heavy atom. The third-order valence-corrected chi connectivity index (χ3v) is 2.21. The van der Waals surface area contributed by atoms with Gasteiger partial charge in [0.1, 0.15) is 6.54 Å². The lowest BCUT2D eigenvalue weighted by atomic mass is 10.2. The highest BCUT2D eigenvalue weighted by molar-refractivity contribution is 5.71. The van der Waals surface area contributed by atoms with E-state index >= 15 is 0 Å². The Balaban J connectivity index is 1.93. The zero-order valence-electron chi connectivity index (χ0n) is 8.64. The third-order valence-electron chi connectivity index (χ3n) is 2.21. The predicted molar refractivity (Wildman–Crippen MR) is 55.3 cm³/mol. The molecule has 4 nitrogen and oxygen atoms in total. The first-order valence-corrected chi connectivity index (χ1v) is 4.99. The summed E-state index contributed by atoms with van der Waals surface area (Å²) in [4.78, 5) is 11.2. The van der Waals surface area contributed by atoms with Crippen LogP contribution in [0.5, 0.6) is 0 Å². The zero-order valence-corrected chi connectivity index (χ0v) is 8.64. The molecule has 0 aromatic heterocycles. The maximum absolute atomic E-state index is 11.2. The highest BCUT2D eigenvalue weighted by Gasteiger charge is 2.21. The van der Waals surface area contributed by atoms with E-state index in [2.05, 4.69) is 5.43 Å². The van der Waals surface area contributed by atoms with E-state index in [1.54, 1.807) is 11.9 Å². The van der Waals surface area contributed by atoms with Gasteiger partial charge in [0.05, 0.1) is 12.3 Å². The van der Waals surface area contributed by atoms with Gasteiger partial charge in [-0.15, -0.1) is 0 Å². The number of esters is 1. The summed E-state index contributed by atoms with van der Waals surface area (Å²) < 4.78 is 4.86. The van der Waals surface area contributed by atoms with E-state index in [1.807, 2.05) is 24.3 Å². The highest BCUT2D eigenvalue weighted by Crippen LogP contribution is 2.24. The minimum absolute atomic E-state index is 0.225. The molecular formula is C11H13N2O2. The molecule has 0 atom stereocenters. The van der Waals surface area contributed by atoms with Crippen LogP contribution in [0.3, 0.4) is 0 Å². The first kappa shape index (κ1) is 9.98. The summed E-state index contributed by atoms with van der Waals surface area (Å²) in [5.41, 5.74) is 6.41. The van der Waals surface area contributed by atoms with Crippen LogP contribution in [0.1, 0.15) is 12.5 Å². The van der Waals surface area contributed by atoms with E-state index in [1.165, 1.54) is 0 Å². The first-order chi connectivity index (χ1) is 7.29. The number of carbonyl (C=O) groups excluding carboxylic acids is 1. The van der Waals surface area contributed by atoms with Crippen molar-refractivity contribution in [1.29, 1.82) is 0 Å². The number of hydrogen-bond acceptors (Lipinski definition) is 3. The predicted octanol–water partition coefficient (Wildman–Crippen LogP) is 1.22. The molecule has 1 radical (unpaired) electrons. The van der Waals surface area contributed by atoms with Gasteiger partial charge in [0.15, 0.2) is 0 Å². The van der Waals surface area contributed by atoms with Gasteiger partial charge in [-0.25, -0.2) is 0 Å². The highest BCUT2D eigenvalue weighted by atomic mass is 16.5. The second kappa shape index (κ2) is 4.31. The van der Waals surface area contributed by atoms with Crippen LogP contribution in [-0.2, 0) is 16.1 Å². The van der Waals surface area contributed by atoms with Gasteiger partial charge < -0.3 is 4.74 Å². The summed E-state index contributed by atoms with van der Waals surface area (Å²) in [5, 5.41) is 1.72. The van der Waals surface area contributed by atoms with Crippen LogP contribution in [0.15, 0.2) is 24.3 Å². The minimum Gasteiger partial charge on any atom is -0.465 e. The lowest BCUT2D eigenvalue weighted by Crippen LogP contribution is -2.30. The van der Waals surface area contributed by atoms with Gasteiger partial charge in [0.25, 0.3) is 0 Å². The Morgan fingerprint density at radius 2 is 2.33 bits per heavy atom. The Kier molecular flexibility index (Phi) is 2.87. The lowest BCUT2D eigenvalue weighted by Gasteiger charge is -2.11. The molecule has 1 aliphatic rings. The molecule has 1 aliphatic heterocycles. The van der Waals surface area contributed by atoms with E-state index in [9.17, 15) is 4.79 Å². The fraction of sp³-hybridized carbons (Fsp3) is 0.364. The number of ether oxygens (including phenoxy) is 1. The van der Waals surface area contributed by atoms with Gasteiger partial charge in [-0.3, -0.25) is 4.79 Å². The molecule has 0 fully saturated rings. The Bertz CT molecular complexity index is 340. The molecule has 2 rings (SSSR count). The summed E-state index contributed by atoms with van der Waals surface area (Å²) >= 11 is 0. The summed E-state index contributed by atoms with van der Waals surface area (Å²) in [5.74, 6) is -0.228. The average Bonchev–Trinajstić information content (AvgIpc) is 2.59. The summed E-state index contributed by atoms with van der Waals surface area (Å²) in [6, 6.07) is 7.88. The number of fused-ring (bicyclic) bond motifs is 1. The molecule has 15 heavy (non-hydrogen) atoms. The van der Waals surface area contributed by atoms with E-state index in [-0.39, 0.29) is 12.5 Å². The molecule has 1 aromatic carbocycles. The van der Waals surface area contributed by atoms with Gasteiger partial charge in [-0.05, 0) is 18.6 Å². The van der Waals surface area contributed by atoms with E-state index < -0.39 is 0 Å². The van der Waals surface area contributed by atoms with Gasteiger partial charge >= 0.3 is 5.97 Å². The Hall–Kier alpha value is -1.55. The van der Waals surface area contributed by atoms with E-state index in [0.29, 0.717) is 13.2 Å². The van der Waals surface area contributed by atoms with Gasteiger partial charge in [-0.2, -0.15) is 10.4 Å². The molecule has 0 saturated heterocycles. The molecule has 79 valence electrons. The molecule has 0 spiro atoms. The number of rotatable bonds is 3. The third kappa shape index (κ3) is 2.27. The monoisotopic (exact) mass is 205 g/mol. The van der Waals surface area contributed by atoms with Crippen molar-refractivity contribution in [2.24, 2.45) is 0 Å². The fourth-order valence-electron chi connectivity index (χ4n) is 1.57. The minimum atomic E-state index is -0.228. The first-order valence-electron chi connectivity index (χ1n) is 4.99. The lowest BCUT2D eigenvalue weighted by molar-refractivity contribution is -0.145. The summed E-state index contributed by atoms with van der Waals surface area (Å²) in [6.07, 6.45) is 0. The van der Waals surface area contributed by atoms with Crippen LogP contribution >= 0.6 is 0 Å². The average molecular weight is 205 g/mol. The normalized spacial score (nSPS) is 14.5. The van der Waals surface area contributed by atoms with Crippen molar-refractivity contribution in [1.82, 2.24) is 10.4 Å². The molecule has 0 amide bonds. The largest absolute Gasteiger partial charge is 0.465 e. The fourth-order valence-corrected chi connectivity index (χ4v) is 1.57. The van der Waals surface area contributed by atoms with Crippen LogP contribution in [0.4, 0.5) is 5.69 Å². The van der Waals surface area contributed by atoms with Gasteiger partial charge in [0.2, 0.25) is 0 Å². The van der Waals surface area contributed by atoms with Gasteiger partial charge in [0, 0.05) is 6.54 Å². The molecule has 1 heterocycles. The Morgan fingerprint density at radius 3 is 3.07 bits per heavy atom. The second-order valence-electron chi connectivity index (χ2n) is 3.36. The number of hydrogen-bond donors (Lipinski definition) is 0. The zero-order chi connectivity index (χ0) is 10.7. The van der Waals surface area contributed by atoms with E-state index in [4.69, 9.17) is 4.74 Å². The van der Waals surface area contributed by atoms with Crippen LogP contribution < -0.4 is 5.43 Å². The molecular weight excluding hydrogens is 192 g/mol. The molecule has 0 N–H and O–H groups in total. The van der Waals surface area contributed by atoms with Crippen LogP contribution in [-0.4, -0.2) is 24.1 Å². The summed E-state index contributed by atoms with van der Waals surface area (Å²) in [6.45, 7) is 3.13. The van der Waals surface area contributed by atoms with Crippen molar-refractivity contribution in [2.45, 2.75) is 13.5 Å². The van der Waals surface area contributed by atoms with Crippen molar-refractivity contribution in [3.05, 3.63) is 29.8 Å². The van der Waals surface area contributed by atoms with Crippen molar-refractivity contribution < 1.29 is 9.53 Å². The second-order valence-corrected chi connectivity index (χ2v) is 3.36. The number of benzene rings is 1. The number of nitrogens with zero attached hydrogens (tertiary/aromatic N) is 2. The maximum Gasteiger partial charge on any atom is 0.322 e. The van der Waals surface area contributed by atoms with Crippen LogP contribution in [0, 0.1) is 0 Å². The SMILES string of the molecule is CCOC(=O)CN1Cc2ccccc2[N]1. The molecule has 0 bridgehead atoms. The number of carbonyl (C=O) groups is 1. The smallest absolute Gasteiger partial charge is 0.322 e. The molecule has 0 aliphatic carbocycles. The van der Waals surface area contributed by atoms with Crippen LogP contribution in [0.25, 0.3) is 0 Å². The molecule has 0 unspecified atom stereocenters. The van der Waals surface area contributed by atoms with Crippen molar-refractivity contribution in [3.8, 4) is 0 Å². The summed E-state index contributed by atoms with van der Waals surface area (Å²) in [7, 11) is 0. The topological polar surface area (TPSA) is 43.6 Å². The maximum atomic E-state index is 11.2. The van der Waals surface area contributed by atoms with Crippen molar-refractivity contribution in [2.75, 3.05) is 13.2 Å². The quantitative estimate of drug-likeness (QED) is 0.697. The molecule has 1 aromatic rings. The van der Waals surface area contributed by atoms with Crippen molar-refractivity contribution in [3.63, 3.8) is 0 Å².